The molecule has 1 aromatic heterocycles. The Hall–Kier alpha value is -2.36. The number of nitrogens with one attached hydrogen (secondary N) is 1. The molecule has 9 nitrogen and oxygen atoms in total. The molecule has 3 amide bonds. The third-order valence-electron chi connectivity index (χ3n) is 5.52. The number of aromatic nitrogens is 2. The number of likely N-dealkylation sites (N-methyl/N-ethyl adjacent to an activating group) is 1. The molecule has 0 saturated carbocycles. The van der Waals surface area contributed by atoms with Gasteiger partial charge in [-0.1, -0.05) is 11.8 Å². The van der Waals surface area contributed by atoms with Crippen molar-refractivity contribution in [2.75, 3.05) is 32.4 Å². The Kier molecular flexibility index (Phi) is 5.89. The van der Waals surface area contributed by atoms with E-state index >= 15 is 0 Å². The van der Waals surface area contributed by atoms with E-state index in [2.05, 4.69) is 25.1 Å². The van der Waals surface area contributed by atoms with Gasteiger partial charge in [-0.25, -0.2) is 19.8 Å². The van der Waals surface area contributed by atoms with Crippen LogP contribution in [-0.2, 0) is 4.79 Å². The predicted molar refractivity (Wildman–Crippen MR) is 111 cm³/mol. The van der Waals surface area contributed by atoms with Gasteiger partial charge in [0.05, 0.1) is 0 Å². The number of imide groups is 1. The number of fused-ring (bicyclic) bond motifs is 1. The summed E-state index contributed by atoms with van der Waals surface area (Å²) >= 11 is 1.62. The number of piperidine rings is 1. The summed E-state index contributed by atoms with van der Waals surface area (Å²) in [5.41, 5.74) is 0.955. The summed E-state index contributed by atoms with van der Waals surface area (Å²) in [5, 5.41) is 3.24. The van der Waals surface area contributed by atoms with E-state index in [-0.39, 0.29) is 11.9 Å². The lowest BCUT2D eigenvalue weighted by molar-refractivity contribution is -0.127. The molecule has 10 heteroatoms. The van der Waals surface area contributed by atoms with E-state index in [0.29, 0.717) is 6.54 Å². The van der Waals surface area contributed by atoms with E-state index < -0.39 is 12.2 Å². The molecule has 4 heterocycles. The second kappa shape index (κ2) is 8.56. The number of urea groups is 1. The zero-order valence-electron chi connectivity index (χ0n) is 16.9. The molecule has 2 fully saturated rings. The first kappa shape index (κ1) is 19.9. The maximum absolute atomic E-state index is 12.6. The van der Waals surface area contributed by atoms with Crippen molar-refractivity contribution in [3.05, 3.63) is 18.0 Å². The second-order valence-corrected chi connectivity index (χ2v) is 8.68. The van der Waals surface area contributed by atoms with Gasteiger partial charge in [0.15, 0.2) is 23.3 Å². The number of rotatable bonds is 5. The molecule has 1 aromatic rings. The quantitative estimate of drug-likeness (QED) is 0.438. The third kappa shape index (κ3) is 4.17. The fourth-order valence-electron chi connectivity index (χ4n) is 4.00. The van der Waals surface area contributed by atoms with Gasteiger partial charge >= 0.3 is 6.03 Å². The number of thioether (sulfide) groups is 1. The highest BCUT2D eigenvalue weighted by Crippen LogP contribution is 2.27. The standard InChI is InChI=1S/C19H27N7O2S/c1-13-7-8-20-17(21-13)29-12-6-11-26-14-15(24(2)19(28)23-16(14)27)22-18(26)25-9-4-3-5-10-25/h7-8,14-15H,3-6,9-12H2,1-2H3,(H,23,27,28). The summed E-state index contributed by atoms with van der Waals surface area (Å²) in [7, 11) is 1.70. The van der Waals surface area contributed by atoms with Gasteiger partial charge in [-0.15, -0.1) is 0 Å². The molecule has 2 unspecified atom stereocenters. The molecule has 0 bridgehead atoms. The van der Waals surface area contributed by atoms with Crippen LogP contribution >= 0.6 is 11.8 Å². The van der Waals surface area contributed by atoms with Crippen LogP contribution < -0.4 is 5.32 Å². The van der Waals surface area contributed by atoms with Crippen LogP contribution in [-0.4, -0.2) is 87.2 Å². The SMILES string of the molecule is Cc1ccnc(SCCCN2C(N3CCCCC3)=NC3C2C(=O)NC(=O)N3C)n1. The van der Waals surface area contributed by atoms with Gasteiger partial charge in [0.2, 0.25) is 0 Å². The molecule has 1 N–H and O–H groups in total. The van der Waals surface area contributed by atoms with Gasteiger partial charge in [0.1, 0.15) is 0 Å². The summed E-state index contributed by atoms with van der Waals surface area (Å²) < 4.78 is 0. The largest absolute Gasteiger partial charge is 0.343 e. The van der Waals surface area contributed by atoms with Crippen LogP contribution in [0.5, 0.6) is 0 Å². The molecule has 2 saturated heterocycles. The Labute approximate surface area is 174 Å². The Morgan fingerprint density at radius 1 is 1.24 bits per heavy atom. The normalized spacial score (nSPS) is 24.5. The van der Waals surface area contributed by atoms with Crippen molar-refractivity contribution in [1.29, 1.82) is 0 Å². The van der Waals surface area contributed by atoms with Crippen LogP contribution in [0.4, 0.5) is 4.79 Å². The van der Waals surface area contributed by atoms with Crippen LogP contribution in [0.3, 0.4) is 0 Å². The number of hydrogen-bond donors (Lipinski definition) is 1. The van der Waals surface area contributed by atoms with Gasteiger partial charge in [0, 0.05) is 44.3 Å². The summed E-state index contributed by atoms with van der Waals surface area (Å²) in [4.78, 5) is 44.1. The molecular formula is C19H27N7O2S. The topological polar surface area (TPSA) is 94.0 Å². The van der Waals surface area contributed by atoms with E-state index in [9.17, 15) is 9.59 Å². The number of likely N-dealkylation sites (tertiary alicyclic amines) is 1. The highest BCUT2D eigenvalue weighted by molar-refractivity contribution is 7.99. The van der Waals surface area contributed by atoms with Crippen molar-refractivity contribution in [1.82, 2.24) is 30.0 Å². The van der Waals surface area contributed by atoms with Crippen molar-refractivity contribution in [3.8, 4) is 0 Å². The summed E-state index contributed by atoms with van der Waals surface area (Å²) in [6.45, 7) is 4.54. The minimum atomic E-state index is -0.463. The maximum atomic E-state index is 12.6. The van der Waals surface area contributed by atoms with E-state index in [1.54, 1.807) is 25.0 Å². The van der Waals surface area contributed by atoms with Crippen molar-refractivity contribution in [3.63, 3.8) is 0 Å². The molecule has 0 spiro atoms. The Morgan fingerprint density at radius 2 is 2.03 bits per heavy atom. The number of carbonyl (C=O) groups excluding carboxylic acids is 2. The summed E-state index contributed by atoms with van der Waals surface area (Å²) in [6.07, 6.45) is 5.66. The molecule has 3 aliphatic heterocycles. The smallest absolute Gasteiger partial charge is 0.325 e. The molecule has 29 heavy (non-hydrogen) atoms. The zero-order chi connectivity index (χ0) is 20.4. The first-order valence-electron chi connectivity index (χ1n) is 10.1. The highest BCUT2D eigenvalue weighted by Gasteiger charge is 2.49. The van der Waals surface area contributed by atoms with Crippen molar-refractivity contribution in [2.24, 2.45) is 4.99 Å². The average molecular weight is 418 g/mol. The van der Waals surface area contributed by atoms with Gasteiger partial charge < -0.3 is 14.7 Å². The van der Waals surface area contributed by atoms with Gasteiger partial charge in [-0.05, 0) is 38.7 Å². The number of nitrogens with zero attached hydrogens (tertiary/aromatic N) is 6. The minimum absolute atomic E-state index is 0.261. The number of hydrogen-bond acceptors (Lipinski definition) is 8. The van der Waals surface area contributed by atoms with Crippen molar-refractivity contribution < 1.29 is 9.59 Å². The molecular weight excluding hydrogens is 390 g/mol. The lowest BCUT2D eigenvalue weighted by Crippen LogP contribution is -2.64. The van der Waals surface area contributed by atoms with E-state index in [4.69, 9.17) is 4.99 Å². The van der Waals surface area contributed by atoms with Crippen LogP contribution in [0.2, 0.25) is 0 Å². The number of carbonyl (C=O) groups is 2. The fraction of sp³-hybridized carbons (Fsp3) is 0.632. The van der Waals surface area contributed by atoms with E-state index in [1.807, 2.05) is 13.0 Å². The average Bonchev–Trinajstić information content (AvgIpc) is 3.10. The van der Waals surface area contributed by atoms with Gasteiger partial charge in [-0.2, -0.15) is 0 Å². The van der Waals surface area contributed by atoms with Crippen molar-refractivity contribution >= 4 is 29.7 Å². The molecule has 4 rings (SSSR count). The lowest BCUT2D eigenvalue weighted by Gasteiger charge is -2.38. The Balaban J connectivity index is 1.45. The third-order valence-corrected chi connectivity index (χ3v) is 6.47. The molecule has 156 valence electrons. The number of amides is 3. The highest BCUT2D eigenvalue weighted by atomic mass is 32.2. The lowest BCUT2D eigenvalue weighted by atomic mass is 10.1. The molecule has 0 radical (unpaired) electrons. The van der Waals surface area contributed by atoms with Crippen LogP contribution in [0.1, 0.15) is 31.4 Å². The molecule has 3 aliphatic rings. The fourth-order valence-corrected chi connectivity index (χ4v) is 4.80. The first-order valence-corrected chi connectivity index (χ1v) is 11.1. The molecule has 0 aromatic carbocycles. The van der Waals surface area contributed by atoms with Crippen LogP contribution in [0.25, 0.3) is 0 Å². The monoisotopic (exact) mass is 417 g/mol. The summed E-state index contributed by atoms with van der Waals surface area (Å²) in [5.74, 6) is 1.44. The minimum Gasteiger partial charge on any atom is -0.343 e. The predicted octanol–water partition coefficient (Wildman–Crippen LogP) is 1.30. The number of guanidine groups is 1. The van der Waals surface area contributed by atoms with E-state index in [0.717, 1.165) is 54.9 Å². The zero-order valence-corrected chi connectivity index (χ0v) is 17.7. The van der Waals surface area contributed by atoms with Crippen LogP contribution in [0.15, 0.2) is 22.4 Å². The van der Waals surface area contributed by atoms with Gasteiger partial charge in [0.25, 0.3) is 5.91 Å². The number of aliphatic imine (C=N–C) groups is 1. The Morgan fingerprint density at radius 3 is 2.79 bits per heavy atom. The van der Waals surface area contributed by atoms with Gasteiger partial charge in [-0.3, -0.25) is 10.1 Å². The Bertz CT molecular complexity index is 812. The molecule has 0 aliphatic carbocycles. The van der Waals surface area contributed by atoms with Crippen molar-refractivity contribution in [2.45, 2.75) is 50.0 Å². The van der Waals surface area contributed by atoms with Crippen LogP contribution in [0, 0.1) is 6.92 Å². The van der Waals surface area contributed by atoms with E-state index in [1.165, 1.54) is 11.3 Å². The number of aryl methyl sites for hydroxylation is 1. The molecule has 2 atom stereocenters. The summed E-state index contributed by atoms with van der Waals surface area (Å²) in [6, 6.07) is 1.04. The first-order chi connectivity index (χ1) is 14.0. The maximum Gasteiger partial charge on any atom is 0.325 e. The second-order valence-electron chi connectivity index (χ2n) is 7.62.